The molecular formula is C81H100F4N20O5. The van der Waals surface area contributed by atoms with E-state index in [0.717, 1.165) is 203 Å². The maximum absolute atomic E-state index is 15.1. The van der Waals surface area contributed by atoms with Crippen molar-refractivity contribution < 1.29 is 41.3 Å². The summed E-state index contributed by atoms with van der Waals surface area (Å²) in [5, 5.41) is 38.1. The highest BCUT2D eigenvalue weighted by Gasteiger charge is 2.40. The summed E-state index contributed by atoms with van der Waals surface area (Å²) in [6.07, 6.45) is 20.2. The van der Waals surface area contributed by atoms with E-state index in [4.69, 9.17) is 14.2 Å². The third-order valence-corrected chi connectivity index (χ3v) is 23.2. The van der Waals surface area contributed by atoms with Gasteiger partial charge in [-0.25, -0.2) is 41.3 Å². The Morgan fingerprint density at radius 3 is 1.02 bits per heavy atom. The number of likely N-dealkylation sites (tertiary alicyclic amines) is 3. The van der Waals surface area contributed by atoms with E-state index in [9.17, 15) is 9.18 Å². The lowest BCUT2D eigenvalue weighted by molar-refractivity contribution is -0.140. The number of hydrogen-bond donors (Lipinski definition) is 1. The van der Waals surface area contributed by atoms with Crippen LogP contribution in [0, 0.1) is 27.7 Å². The zero-order chi connectivity index (χ0) is 75.3. The molecular weight excluding hydrogens is 1410 g/mol. The van der Waals surface area contributed by atoms with Crippen molar-refractivity contribution >= 4 is 61.4 Å². The predicted octanol–water partition coefficient (Wildman–Crippen LogP) is 10.4. The number of carbonyl (C=O) groups is 1. The number of Topliss-reactive ketones (excluding diaryl/α,β-unsaturated/α-hetero) is 1. The summed E-state index contributed by atoms with van der Waals surface area (Å²) in [7, 11) is 5.66. The van der Waals surface area contributed by atoms with Crippen molar-refractivity contribution in [3.8, 4) is 17.1 Å². The molecule has 0 aliphatic carbocycles. The second kappa shape index (κ2) is 32.6. The van der Waals surface area contributed by atoms with E-state index in [1.165, 1.54) is 0 Å². The number of nitrogens with one attached hydrogen (secondary N) is 1. The molecule has 0 spiro atoms. The van der Waals surface area contributed by atoms with Crippen LogP contribution in [0.4, 0.5) is 17.6 Å². The monoisotopic (exact) mass is 1510 g/mol. The average molecular weight is 1510 g/mol. The largest absolute Gasteiger partial charge is 0.378 e. The standard InChI is InChI=1S/3C20H24FN5O.C17H20FN5.C3H4O2.CH4/c3*1-13-5-14-7-23-26(15-8-22-24(2)9-15)20(14)6-18(13)17-3-4-25(10-19(17)21)16-11-27-12-16;1-10-5-12-7-21-23(17-9-20-11(2)22-17)16(12)6-14(10)13-3-4-19-8-15(13)18;4-3-1-5-2-3;/h3*5-9,16-17,19H,3-4,10-12H2,1-2H3;5-7,9,11,13,15,19H,3-4,8H2,1-2H3;1-2H2;1H4/t3*17?,19-;11?,13?,15-;;/m1111../s1. The predicted molar refractivity (Wildman–Crippen MR) is 416 cm³/mol. The molecule has 5 unspecified atom stereocenters. The van der Waals surface area contributed by atoms with Gasteiger partial charge in [-0.15, -0.1) is 0 Å². The average Bonchev–Trinajstić information content (AvgIpc) is 1.64. The van der Waals surface area contributed by atoms with E-state index in [1.807, 2.05) is 85.5 Å². The van der Waals surface area contributed by atoms with E-state index >= 15 is 13.2 Å². The van der Waals surface area contributed by atoms with Crippen molar-refractivity contribution in [3.05, 3.63) is 155 Å². The quantitative estimate of drug-likeness (QED) is 0.126. The molecule has 0 amide bonds. The molecule has 582 valence electrons. The molecule has 0 radical (unpaired) electrons. The highest BCUT2D eigenvalue weighted by molar-refractivity contribution is 6.32. The van der Waals surface area contributed by atoms with Crippen LogP contribution in [0.1, 0.15) is 108 Å². The van der Waals surface area contributed by atoms with Gasteiger partial charge in [0.15, 0.2) is 11.6 Å². The lowest BCUT2D eigenvalue weighted by Crippen LogP contribution is -2.54. The van der Waals surface area contributed by atoms with E-state index in [0.29, 0.717) is 57.5 Å². The third-order valence-electron chi connectivity index (χ3n) is 23.2. The Labute approximate surface area is 637 Å². The van der Waals surface area contributed by atoms with Gasteiger partial charge in [0.25, 0.3) is 0 Å². The molecule has 0 saturated carbocycles. The minimum atomic E-state index is -0.856. The SMILES string of the molecule is C.Cc1cc2cnn(-c3cnn(C)c3)c2cc1C1CCN(C2COC2)C[C@H]1F.Cc1cc2cnn(-c3cnn(C)c3)c2cc1C1CCN(C2COC2)C[C@H]1F.Cc1cc2cnn(-c3cnn(C)c3)c2cc1C1CCN(C2COC2)C[C@H]1F.Cc1cc2cnn(C3=NC(C)N=C3)c2cc1C1CCNC[C@H]1F.O=C1COC1. The molecule has 8 fully saturated rings. The summed E-state index contributed by atoms with van der Waals surface area (Å²) in [5.74, 6) is 0.702. The lowest BCUT2D eigenvalue weighted by Gasteiger charge is -2.43. The maximum atomic E-state index is 15.1. The Balaban J connectivity index is 0.000000114. The molecule has 110 heavy (non-hydrogen) atoms. The van der Waals surface area contributed by atoms with Gasteiger partial charge in [-0.2, -0.15) is 35.7 Å². The summed E-state index contributed by atoms with van der Waals surface area (Å²) in [6.45, 7) is 20.9. The van der Waals surface area contributed by atoms with Crippen LogP contribution >= 0.6 is 0 Å². The second-order valence-corrected chi connectivity index (χ2v) is 30.7. The van der Waals surface area contributed by atoms with E-state index in [2.05, 4.69) is 147 Å². The van der Waals surface area contributed by atoms with Crippen LogP contribution in [0.2, 0.25) is 0 Å². The minimum Gasteiger partial charge on any atom is -0.378 e. The number of aromatic nitrogens is 14. The number of alkyl halides is 4. The van der Waals surface area contributed by atoms with Gasteiger partial charge in [0.2, 0.25) is 0 Å². The van der Waals surface area contributed by atoms with Crippen LogP contribution in [0.15, 0.2) is 120 Å². The fourth-order valence-electron chi connectivity index (χ4n) is 16.8. The number of aryl methyl sites for hydroxylation is 7. The fraction of sp³-hybridized carbons (Fsp3) is 0.506. The van der Waals surface area contributed by atoms with Crippen molar-refractivity contribution in [3.63, 3.8) is 0 Å². The molecule has 9 aliphatic rings. The normalized spacial score (nSPS) is 24.7. The number of hydrogen-bond acceptors (Lipinski definition) is 18. The first-order valence-electron chi connectivity index (χ1n) is 38.2. The van der Waals surface area contributed by atoms with E-state index < -0.39 is 24.7 Å². The highest BCUT2D eigenvalue weighted by Crippen LogP contribution is 2.41. The van der Waals surface area contributed by atoms with Gasteiger partial charge in [0, 0.05) is 92.5 Å². The summed E-state index contributed by atoms with van der Waals surface area (Å²) < 4.78 is 92.8. The number of carbonyl (C=O) groups excluding carboxylic acids is 1. The van der Waals surface area contributed by atoms with Gasteiger partial charge >= 0.3 is 0 Å². The fourth-order valence-corrected chi connectivity index (χ4v) is 16.8. The van der Waals surface area contributed by atoms with Crippen LogP contribution in [0.25, 0.3) is 60.7 Å². The lowest BCUT2D eigenvalue weighted by atomic mass is 9.84. The van der Waals surface area contributed by atoms with Crippen LogP contribution in [-0.4, -0.2) is 255 Å². The second-order valence-electron chi connectivity index (χ2n) is 30.7. The first-order valence-corrected chi connectivity index (χ1v) is 38.2. The number of fused-ring (bicyclic) bond motifs is 4. The number of ether oxygens (including phenoxy) is 4. The number of aliphatic imine (C=N–C) groups is 2. The number of piperidine rings is 4. The molecule has 4 aromatic carbocycles. The van der Waals surface area contributed by atoms with E-state index in [1.54, 1.807) is 43.5 Å². The maximum Gasteiger partial charge on any atom is 0.184 e. The summed E-state index contributed by atoms with van der Waals surface area (Å²) in [6, 6.07) is 18.2. The molecule has 9 atom stereocenters. The van der Waals surface area contributed by atoms with Gasteiger partial charge in [0.05, 0.1) is 148 Å². The van der Waals surface area contributed by atoms with Gasteiger partial charge < -0.3 is 24.3 Å². The summed E-state index contributed by atoms with van der Waals surface area (Å²) >= 11 is 0. The molecule has 25 nitrogen and oxygen atoms in total. The van der Waals surface area contributed by atoms with Crippen LogP contribution < -0.4 is 5.32 Å². The summed E-state index contributed by atoms with van der Waals surface area (Å²) in [5.41, 5.74) is 15.7. The molecule has 20 rings (SSSR count). The Morgan fingerprint density at radius 1 is 0.427 bits per heavy atom. The first kappa shape index (κ1) is 76.2. The minimum absolute atomic E-state index is 0. The van der Waals surface area contributed by atoms with E-state index in [-0.39, 0.29) is 43.0 Å². The Bertz CT molecular complexity index is 4760. The molecule has 11 aromatic rings. The van der Waals surface area contributed by atoms with Crippen molar-refractivity contribution in [1.29, 1.82) is 0 Å². The van der Waals surface area contributed by atoms with Crippen molar-refractivity contribution in [2.24, 2.45) is 31.1 Å². The molecule has 0 bridgehead atoms. The Kier molecular flexibility index (Phi) is 22.6. The number of halogens is 4. The molecule has 29 heteroatoms. The van der Waals surface area contributed by atoms with Crippen molar-refractivity contribution in [2.75, 3.05) is 105 Å². The Morgan fingerprint density at radius 2 is 0.755 bits per heavy atom. The van der Waals surface area contributed by atoms with Gasteiger partial charge in [-0.1, -0.05) is 7.43 Å². The number of benzene rings is 4. The Hall–Kier alpha value is -9.20. The van der Waals surface area contributed by atoms with Crippen LogP contribution in [-0.2, 0) is 44.9 Å². The zero-order valence-corrected chi connectivity index (χ0v) is 63.1. The molecule has 16 heterocycles. The van der Waals surface area contributed by atoms with Gasteiger partial charge in [-0.3, -0.25) is 38.5 Å². The number of ketones is 1. The van der Waals surface area contributed by atoms with Crippen molar-refractivity contribution in [2.45, 2.75) is 140 Å². The topological polar surface area (TPSA) is 225 Å². The zero-order valence-electron chi connectivity index (χ0n) is 63.1. The molecule has 8 saturated heterocycles. The number of nitrogens with zero attached hydrogens (tertiary/aromatic N) is 19. The molecule has 7 aromatic heterocycles. The molecule has 9 aliphatic heterocycles. The summed E-state index contributed by atoms with van der Waals surface area (Å²) in [4.78, 5) is 25.3. The third kappa shape index (κ3) is 15.8. The van der Waals surface area contributed by atoms with Crippen molar-refractivity contribution in [1.82, 2.24) is 88.5 Å². The number of rotatable bonds is 10. The molecule has 1 N–H and O–H groups in total. The van der Waals surface area contributed by atoms with Crippen LogP contribution in [0.5, 0.6) is 0 Å². The van der Waals surface area contributed by atoms with Gasteiger partial charge in [-0.05, 0) is 180 Å². The van der Waals surface area contributed by atoms with Crippen LogP contribution in [0.3, 0.4) is 0 Å². The highest BCUT2D eigenvalue weighted by atomic mass is 19.1. The first-order chi connectivity index (χ1) is 52.8. The van der Waals surface area contributed by atoms with Gasteiger partial charge in [0.1, 0.15) is 61.1 Å². The smallest absolute Gasteiger partial charge is 0.184 e.